The summed E-state index contributed by atoms with van der Waals surface area (Å²) < 4.78 is 10.5. The fourth-order valence-corrected chi connectivity index (χ4v) is 2.10. The summed E-state index contributed by atoms with van der Waals surface area (Å²) in [6.07, 6.45) is 5.48. The van der Waals surface area contributed by atoms with Crippen LogP contribution in [-0.2, 0) is 12.8 Å². The van der Waals surface area contributed by atoms with Crippen LogP contribution in [0.2, 0.25) is 0 Å². The van der Waals surface area contributed by atoms with Gasteiger partial charge in [-0.3, -0.25) is 0 Å². The third-order valence-corrected chi connectivity index (χ3v) is 3.02. The van der Waals surface area contributed by atoms with Crippen LogP contribution in [0.4, 0.5) is 0 Å². The molecule has 0 amide bonds. The quantitative estimate of drug-likeness (QED) is 0.873. The van der Waals surface area contributed by atoms with Gasteiger partial charge >= 0.3 is 0 Å². The molecule has 1 aliphatic rings. The van der Waals surface area contributed by atoms with Crippen LogP contribution in [0, 0.1) is 0 Å². The Bertz CT molecular complexity index is 458. The zero-order valence-electron chi connectivity index (χ0n) is 9.56. The first-order chi connectivity index (χ1) is 8.42. The predicted molar refractivity (Wildman–Crippen MR) is 60.4 cm³/mol. The van der Waals surface area contributed by atoms with Gasteiger partial charge in [-0.25, -0.2) is 0 Å². The molecule has 2 aromatic heterocycles. The maximum atomic E-state index is 5.26. The van der Waals surface area contributed by atoms with E-state index >= 15 is 0 Å². The second-order valence-corrected chi connectivity index (χ2v) is 4.27. The summed E-state index contributed by atoms with van der Waals surface area (Å²) >= 11 is 0. The molecule has 2 aromatic rings. The number of aromatic nitrogens is 2. The van der Waals surface area contributed by atoms with Gasteiger partial charge in [0.05, 0.1) is 12.3 Å². The van der Waals surface area contributed by atoms with Crippen molar-refractivity contribution in [3.05, 3.63) is 35.9 Å². The Morgan fingerprint density at radius 2 is 2.41 bits per heavy atom. The van der Waals surface area contributed by atoms with Crippen molar-refractivity contribution in [3.8, 4) is 0 Å². The van der Waals surface area contributed by atoms with Crippen molar-refractivity contribution in [1.29, 1.82) is 0 Å². The molecule has 90 valence electrons. The molecule has 0 aromatic carbocycles. The lowest BCUT2D eigenvalue weighted by Gasteiger charge is -2.01. The Balaban J connectivity index is 1.60. The van der Waals surface area contributed by atoms with Crippen LogP contribution >= 0.6 is 0 Å². The van der Waals surface area contributed by atoms with Gasteiger partial charge in [-0.1, -0.05) is 5.16 Å². The molecule has 0 bridgehead atoms. The number of nitrogens with one attached hydrogen (secondary N) is 1. The minimum absolute atomic E-state index is 0.274. The lowest BCUT2D eigenvalue weighted by atomic mass is 10.2. The normalized spacial score (nSPS) is 19.9. The second-order valence-electron chi connectivity index (χ2n) is 4.27. The second kappa shape index (κ2) is 4.71. The van der Waals surface area contributed by atoms with Crippen LogP contribution in [-0.4, -0.2) is 16.7 Å². The lowest BCUT2D eigenvalue weighted by molar-refractivity contribution is 0.364. The van der Waals surface area contributed by atoms with Crippen molar-refractivity contribution in [1.82, 2.24) is 15.5 Å². The van der Waals surface area contributed by atoms with Crippen LogP contribution in [0.15, 0.2) is 27.3 Å². The molecule has 0 radical (unpaired) electrons. The van der Waals surface area contributed by atoms with Crippen molar-refractivity contribution < 1.29 is 8.94 Å². The zero-order chi connectivity index (χ0) is 11.5. The molecule has 1 fully saturated rings. The van der Waals surface area contributed by atoms with Crippen molar-refractivity contribution in [2.45, 2.75) is 31.7 Å². The Labute approximate surface area is 99.2 Å². The smallest absolute Gasteiger partial charge is 0.227 e. The van der Waals surface area contributed by atoms with Gasteiger partial charge < -0.3 is 14.3 Å². The standard InChI is InChI=1S/C12H15N3O2/c1-4-10(13-7-1)12-14-11(17-15-12)6-5-9-3-2-8-16-9/h2-3,8,10,13H,1,4-7H2. The molecule has 5 heteroatoms. The third kappa shape index (κ3) is 2.39. The zero-order valence-corrected chi connectivity index (χ0v) is 9.56. The monoisotopic (exact) mass is 233 g/mol. The number of hydrogen-bond acceptors (Lipinski definition) is 5. The number of furan rings is 1. The van der Waals surface area contributed by atoms with E-state index in [4.69, 9.17) is 8.94 Å². The van der Waals surface area contributed by atoms with Gasteiger partial charge in [0.1, 0.15) is 5.76 Å². The minimum Gasteiger partial charge on any atom is -0.469 e. The van der Waals surface area contributed by atoms with Crippen LogP contribution in [0.5, 0.6) is 0 Å². The average Bonchev–Trinajstić information content (AvgIpc) is 3.09. The summed E-state index contributed by atoms with van der Waals surface area (Å²) in [6.45, 7) is 1.04. The molecule has 3 heterocycles. The van der Waals surface area contributed by atoms with Crippen molar-refractivity contribution in [2.75, 3.05) is 6.54 Å². The average molecular weight is 233 g/mol. The topological polar surface area (TPSA) is 64.1 Å². The van der Waals surface area contributed by atoms with Crippen LogP contribution in [0.3, 0.4) is 0 Å². The van der Waals surface area contributed by atoms with E-state index in [1.54, 1.807) is 6.26 Å². The van der Waals surface area contributed by atoms with Crippen molar-refractivity contribution in [2.24, 2.45) is 0 Å². The molecule has 1 N–H and O–H groups in total. The summed E-state index contributed by atoms with van der Waals surface area (Å²) in [5.74, 6) is 2.42. The van der Waals surface area contributed by atoms with Gasteiger partial charge in [0.15, 0.2) is 5.82 Å². The molecule has 5 nitrogen and oxygen atoms in total. The highest BCUT2D eigenvalue weighted by molar-refractivity contribution is 5.01. The molecule has 0 saturated carbocycles. The Morgan fingerprint density at radius 1 is 1.41 bits per heavy atom. The summed E-state index contributed by atoms with van der Waals surface area (Å²) in [4.78, 5) is 4.41. The third-order valence-electron chi connectivity index (χ3n) is 3.02. The molecule has 1 atom stereocenters. The van der Waals surface area contributed by atoms with Gasteiger partial charge in [0.25, 0.3) is 0 Å². The van der Waals surface area contributed by atoms with Crippen LogP contribution in [0.25, 0.3) is 0 Å². The number of aryl methyl sites for hydroxylation is 2. The highest BCUT2D eigenvalue weighted by Gasteiger charge is 2.21. The van der Waals surface area contributed by atoms with E-state index in [0.29, 0.717) is 5.89 Å². The van der Waals surface area contributed by atoms with Gasteiger partial charge in [0.2, 0.25) is 5.89 Å². The maximum Gasteiger partial charge on any atom is 0.227 e. The van der Waals surface area contributed by atoms with E-state index in [0.717, 1.165) is 37.4 Å². The lowest BCUT2D eigenvalue weighted by Crippen LogP contribution is -2.14. The Hall–Kier alpha value is -1.62. The first kappa shape index (κ1) is 10.5. The van der Waals surface area contributed by atoms with Gasteiger partial charge in [-0.2, -0.15) is 4.98 Å². The molecule has 3 rings (SSSR count). The van der Waals surface area contributed by atoms with Crippen LogP contribution < -0.4 is 5.32 Å². The predicted octanol–water partition coefficient (Wildman–Crippen LogP) is 1.87. The van der Waals surface area contributed by atoms with Crippen LogP contribution in [0.1, 0.15) is 36.4 Å². The fraction of sp³-hybridized carbons (Fsp3) is 0.500. The van der Waals surface area contributed by atoms with E-state index in [1.165, 1.54) is 6.42 Å². The molecule has 0 spiro atoms. The highest BCUT2D eigenvalue weighted by atomic mass is 16.5. The SMILES string of the molecule is c1coc(CCc2nc(C3CCCN3)no2)c1. The molecule has 0 aliphatic carbocycles. The molecule has 17 heavy (non-hydrogen) atoms. The van der Waals surface area contributed by atoms with Crippen molar-refractivity contribution >= 4 is 0 Å². The summed E-state index contributed by atoms with van der Waals surface area (Å²) in [5.41, 5.74) is 0. The highest BCUT2D eigenvalue weighted by Crippen LogP contribution is 2.20. The molecular formula is C12H15N3O2. The molecular weight excluding hydrogens is 218 g/mol. The van der Waals surface area contributed by atoms with Gasteiger partial charge in [-0.15, -0.1) is 0 Å². The first-order valence-electron chi connectivity index (χ1n) is 6.00. The maximum absolute atomic E-state index is 5.26. The first-order valence-corrected chi connectivity index (χ1v) is 6.00. The molecule has 1 aliphatic heterocycles. The Morgan fingerprint density at radius 3 is 3.18 bits per heavy atom. The van der Waals surface area contributed by atoms with E-state index in [1.807, 2.05) is 12.1 Å². The van der Waals surface area contributed by atoms with E-state index in [9.17, 15) is 0 Å². The van der Waals surface area contributed by atoms with Gasteiger partial charge in [-0.05, 0) is 31.5 Å². The van der Waals surface area contributed by atoms with Crippen molar-refractivity contribution in [3.63, 3.8) is 0 Å². The number of nitrogens with zero attached hydrogens (tertiary/aromatic N) is 2. The molecule has 1 unspecified atom stereocenters. The number of rotatable bonds is 4. The molecule has 1 saturated heterocycles. The van der Waals surface area contributed by atoms with E-state index in [-0.39, 0.29) is 6.04 Å². The summed E-state index contributed by atoms with van der Waals surface area (Å²) in [6, 6.07) is 4.11. The fourth-order valence-electron chi connectivity index (χ4n) is 2.10. The van der Waals surface area contributed by atoms with E-state index < -0.39 is 0 Å². The van der Waals surface area contributed by atoms with Gasteiger partial charge in [0, 0.05) is 12.8 Å². The minimum atomic E-state index is 0.274. The Kier molecular flexibility index (Phi) is 2.92. The summed E-state index contributed by atoms with van der Waals surface area (Å²) in [5, 5.41) is 7.37. The summed E-state index contributed by atoms with van der Waals surface area (Å²) in [7, 11) is 0. The van der Waals surface area contributed by atoms with E-state index in [2.05, 4.69) is 15.5 Å². The largest absolute Gasteiger partial charge is 0.469 e. The number of hydrogen-bond donors (Lipinski definition) is 1.